The summed E-state index contributed by atoms with van der Waals surface area (Å²) >= 11 is 0. The van der Waals surface area contributed by atoms with Crippen LogP contribution in [0.3, 0.4) is 0 Å². The van der Waals surface area contributed by atoms with Gasteiger partial charge in [-0.25, -0.2) is 4.68 Å². The molecular formula is C15H18N4O4. The van der Waals surface area contributed by atoms with Gasteiger partial charge in [0, 0.05) is 0 Å². The Hall–Kier alpha value is -2.90. The molecule has 0 saturated heterocycles. The van der Waals surface area contributed by atoms with Crippen molar-refractivity contribution in [3.8, 4) is 5.75 Å². The van der Waals surface area contributed by atoms with Crippen molar-refractivity contribution in [3.05, 3.63) is 36.0 Å². The van der Waals surface area contributed by atoms with E-state index in [1.165, 1.54) is 10.9 Å². The van der Waals surface area contributed by atoms with Gasteiger partial charge >= 0.3 is 5.97 Å². The van der Waals surface area contributed by atoms with Crippen LogP contribution in [0.2, 0.25) is 0 Å². The quantitative estimate of drug-likeness (QED) is 0.770. The van der Waals surface area contributed by atoms with Gasteiger partial charge in [0.25, 0.3) is 5.91 Å². The normalized spacial score (nSPS) is 10.2. The third kappa shape index (κ3) is 5.42. The van der Waals surface area contributed by atoms with Crippen LogP contribution in [0.4, 0.5) is 5.82 Å². The molecular weight excluding hydrogens is 300 g/mol. The molecule has 8 nitrogen and oxygen atoms in total. The molecule has 8 heteroatoms. The summed E-state index contributed by atoms with van der Waals surface area (Å²) in [5, 5.41) is 10.0. The molecule has 0 atom stereocenters. The molecule has 0 aliphatic rings. The lowest BCUT2D eigenvalue weighted by Gasteiger charge is -2.05. The lowest BCUT2D eigenvalue weighted by Crippen LogP contribution is -2.20. The zero-order valence-corrected chi connectivity index (χ0v) is 13.0. The number of carbonyl (C=O) groups is 2. The summed E-state index contributed by atoms with van der Waals surface area (Å²) in [6.45, 7) is 3.78. The fourth-order valence-electron chi connectivity index (χ4n) is 1.73. The van der Waals surface area contributed by atoms with E-state index in [1.54, 1.807) is 19.1 Å². The first-order valence-corrected chi connectivity index (χ1v) is 7.12. The van der Waals surface area contributed by atoms with Crippen LogP contribution in [0.5, 0.6) is 5.75 Å². The molecule has 0 aliphatic carbocycles. The van der Waals surface area contributed by atoms with E-state index in [-0.39, 0.29) is 24.9 Å². The number of ether oxygens (including phenoxy) is 2. The van der Waals surface area contributed by atoms with E-state index in [0.29, 0.717) is 12.4 Å². The Morgan fingerprint density at radius 1 is 1.26 bits per heavy atom. The first-order chi connectivity index (χ1) is 11.1. The van der Waals surface area contributed by atoms with E-state index in [0.717, 1.165) is 5.56 Å². The van der Waals surface area contributed by atoms with Crippen molar-refractivity contribution in [3.63, 3.8) is 0 Å². The number of hydrogen-bond acceptors (Lipinski definition) is 6. The minimum absolute atomic E-state index is 0.0590. The standard InChI is InChI=1S/C15H18N4O4/c1-3-22-15(21)9-19-8-13(17-18-19)16-14(20)10-23-12-6-4-11(2)5-7-12/h4-8H,3,9-10H2,1-2H3,(H,16,20). The predicted octanol–water partition coefficient (Wildman–Crippen LogP) is 1.17. The number of carbonyl (C=O) groups excluding carboxylic acids is 2. The highest BCUT2D eigenvalue weighted by Gasteiger charge is 2.09. The van der Waals surface area contributed by atoms with Crippen molar-refractivity contribution in [2.75, 3.05) is 18.5 Å². The Labute approximate surface area is 133 Å². The molecule has 0 saturated carbocycles. The smallest absolute Gasteiger partial charge is 0.327 e. The van der Waals surface area contributed by atoms with E-state index < -0.39 is 5.97 Å². The Bertz CT molecular complexity index is 666. The average molecular weight is 318 g/mol. The molecule has 0 fully saturated rings. The van der Waals surface area contributed by atoms with Crippen LogP contribution < -0.4 is 10.1 Å². The number of hydrogen-bond donors (Lipinski definition) is 1. The Morgan fingerprint density at radius 2 is 2.00 bits per heavy atom. The van der Waals surface area contributed by atoms with E-state index in [1.807, 2.05) is 19.1 Å². The minimum atomic E-state index is -0.419. The first kappa shape index (κ1) is 16.5. The number of rotatable bonds is 7. The number of esters is 1. The zero-order valence-electron chi connectivity index (χ0n) is 13.0. The molecule has 0 unspecified atom stereocenters. The summed E-state index contributed by atoms with van der Waals surface area (Å²) in [7, 11) is 0. The Balaban J connectivity index is 1.80. The largest absolute Gasteiger partial charge is 0.484 e. The van der Waals surface area contributed by atoms with Gasteiger partial charge in [-0.3, -0.25) is 9.59 Å². The fourth-order valence-corrected chi connectivity index (χ4v) is 1.73. The van der Waals surface area contributed by atoms with Crippen molar-refractivity contribution in [2.24, 2.45) is 0 Å². The lowest BCUT2D eigenvalue weighted by molar-refractivity contribution is -0.144. The molecule has 1 aromatic carbocycles. The van der Waals surface area contributed by atoms with Gasteiger partial charge in [-0.15, -0.1) is 5.10 Å². The second kappa shape index (κ2) is 7.92. The van der Waals surface area contributed by atoms with E-state index in [9.17, 15) is 9.59 Å². The summed E-state index contributed by atoms with van der Waals surface area (Å²) in [5.74, 6) is 0.0651. The van der Waals surface area contributed by atoms with Gasteiger partial charge in [0.05, 0.1) is 12.8 Å². The maximum absolute atomic E-state index is 11.8. The third-order valence-electron chi connectivity index (χ3n) is 2.79. The maximum Gasteiger partial charge on any atom is 0.327 e. The van der Waals surface area contributed by atoms with E-state index >= 15 is 0 Å². The first-order valence-electron chi connectivity index (χ1n) is 7.12. The molecule has 0 bridgehead atoms. The molecule has 0 spiro atoms. The summed E-state index contributed by atoms with van der Waals surface area (Å²) in [6.07, 6.45) is 1.45. The molecule has 23 heavy (non-hydrogen) atoms. The van der Waals surface area contributed by atoms with Gasteiger partial charge in [-0.2, -0.15) is 0 Å². The Morgan fingerprint density at radius 3 is 2.70 bits per heavy atom. The van der Waals surface area contributed by atoms with Gasteiger partial charge in [-0.05, 0) is 26.0 Å². The van der Waals surface area contributed by atoms with Gasteiger partial charge < -0.3 is 14.8 Å². The van der Waals surface area contributed by atoms with Crippen LogP contribution >= 0.6 is 0 Å². The second-order valence-corrected chi connectivity index (χ2v) is 4.76. The highest BCUT2D eigenvalue weighted by Crippen LogP contribution is 2.11. The number of aromatic nitrogens is 3. The van der Waals surface area contributed by atoms with E-state index in [4.69, 9.17) is 9.47 Å². The molecule has 1 amide bonds. The second-order valence-electron chi connectivity index (χ2n) is 4.76. The van der Waals surface area contributed by atoms with E-state index in [2.05, 4.69) is 15.6 Å². The van der Waals surface area contributed by atoms with Crippen LogP contribution in [-0.4, -0.2) is 40.1 Å². The summed E-state index contributed by atoms with van der Waals surface area (Å²) in [5.41, 5.74) is 1.11. The van der Waals surface area contributed by atoms with Gasteiger partial charge in [0.1, 0.15) is 12.3 Å². The third-order valence-corrected chi connectivity index (χ3v) is 2.79. The number of anilines is 1. The zero-order chi connectivity index (χ0) is 16.7. The molecule has 122 valence electrons. The van der Waals surface area contributed by atoms with Crippen LogP contribution in [-0.2, 0) is 20.9 Å². The van der Waals surface area contributed by atoms with Crippen molar-refractivity contribution < 1.29 is 19.1 Å². The van der Waals surface area contributed by atoms with Gasteiger partial charge in [0.15, 0.2) is 12.4 Å². The molecule has 0 radical (unpaired) electrons. The number of amides is 1. The molecule has 2 rings (SSSR count). The van der Waals surface area contributed by atoms with Gasteiger partial charge in [0.2, 0.25) is 0 Å². The molecule has 1 aromatic heterocycles. The Kier molecular flexibility index (Phi) is 5.67. The number of nitrogens with zero attached hydrogens (tertiary/aromatic N) is 3. The highest BCUT2D eigenvalue weighted by molar-refractivity contribution is 5.90. The number of benzene rings is 1. The lowest BCUT2D eigenvalue weighted by atomic mass is 10.2. The van der Waals surface area contributed by atoms with Gasteiger partial charge in [-0.1, -0.05) is 22.9 Å². The topological polar surface area (TPSA) is 95.3 Å². The van der Waals surface area contributed by atoms with Crippen molar-refractivity contribution >= 4 is 17.7 Å². The van der Waals surface area contributed by atoms with Crippen molar-refractivity contribution in [2.45, 2.75) is 20.4 Å². The van der Waals surface area contributed by atoms with Crippen molar-refractivity contribution in [1.82, 2.24) is 15.0 Å². The molecule has 0 aliphatic heterocycles. The molecule has 2 aromatic rings. The number of aryl methyl sites for hydroxylation is 1. The minimum Gasteiger partial charge on any atom is -0.484 e. The average Bonchev–Trinajstić information content (AvgIpc) is 2.94. The predicted molar refractivity (Wildman–Crippen MR) is 82.0 cm³/mol. The monoisotopic (exact) mass is 318 g/mol. The van der Waals surface area contributed by atoms with Crippen LogP contribution in [0.25, 0.3) is 0 Å². The maximum atomic E-state index is 11.8. The molecule has 1 heterocycles. The van der Waals surface area contributed by atoms with Crippen LogP contribution in [0.1, 0.15) is 12.5 Å². The van der Waals surface area contributed by atoms with Crippen molar-refractivity contribution in [1.29, 1.82) is 0 Å². The fraction of sp³-hybridized carbons (Fsp3) is 0.333. The summed E-state index contributed by atoms with van der Waals surface area (Å²) < 4.78 is 11.4. The van der Waals surface area contributed by atoms with Crippen LogP contribution in [0.15, 0.2) is 30.5 Å². The summed E-state index contributed by atoms with van der Waals surface area (Å²) in [4.78, 5) is 23.1. The van der Waals surface area contributed by atoms with Crippen LogP contribution in [0, 0.1) is 6.92 Å². The highest BCUT2D eigenvalue weighted by atomic mass is 16.5. The SMILES string of the molecule is CCOC(=O)Cn1cc(NC(=O)COc2ccc(C)cc2)nn1. The summed E-state index contributed by atoms with van der Waals surface area (Å²) in [6, 6.07) is 7.37. The number of nitrogens with one attached hydrogen (secondary N) is 1. The molecule has 1 N–H and O–H groups in total.